The highest BCUT2D eigenvalue weighted by atomic mass is 16.5. The number of hydrogen-bond acceptors (Lipinski definition) is 9. The highest BCUT2D eigenvalue weighted by molar-refractivity contribution is 5.96. The normalized spacial score (nSPS) is 26.1. The SMILES string of the molecule is CCCCCCCCC[C@H]1CC(=O)N[C@H](CC(C)C)C(=O)N[C@@H](CO)C(=O)N[C@@H]([C@@H](C)O)C(=O)N[C@H](CC(C)C)C(=O)N[C@@H]([C@@H](C)CC)C(=O)O1. The molecular weight excluding hydrogens is 658 g/mol. The summed E-state index contributed by atoms with van der Waals surface area (Å²) in [5, 5.41) is 33.4. The molecule has 51 heavy (non-hydrogen) atoms. The van der Waals surface area contributed by atoms with Crippen LogP contribution in [-0.4, -0.2) is 94.7 Å². The van der Waals surface area contributed by atoms with Gasteiger partial charge in [0.2, 0.25) is 29.5 Å². The third-order valence-electron chi connectivity index (χ3n) is 9.17. The van der Waals surface area contributed by atoms with Crippen LogP contribution in [0.2, 0.25) is 0 Å². The Morgan fingerprint density at radius 2 is 1.14 bits per heavy atom. The molecular formula is C37H67N5O9. The number of nitrogens with one attached hydrogen (secondary N) is 5. The van der Waals surface area contributed by atoms with E-state index in [4.69, 9.17) is 4.74 Å². The maximum Gasteiger partial charge on any atom is 0.329 e. The van der Waals surface area contributed by atoms with Crippen molar-refractivity contribution in [2.45, 2.75) is 175 Å². The van der Waals surface area contributed by atoms with Gasteiger partial charge in [-0.3, -0.25) is 24.0 Å². The summed E-state index contributed by atoms with van der Waals surface area (Å²) in [5.41, 5.74) is 0. The first-order valence-electron chi connectivity index (χ1n) is 19.0. The molecule has 0 aromatic heterocycles. The van der Waals surface area contributed by atoms with Gasteiger partial charge in [-0.25, -0.2) is 4.79 Å². The van der Waals surface area contributed by atoms with Gasteiger partial charge in [-0.05, 0) is 50.4 Å². The number of aliphatic hydroxyl groups is 2. The summed E-state index contributed by atoms with van der Waals surface area (Å²) >= 11 is 0. The smallest absolute Gasteiger partial charge is 0.329 e. The van der Waals surface area contributed by atoms with Gasteiger partial charge >= 0.3 is 5.97 Å². The Hall–Kier alpha value is -3.26. The molecule has 0 aromatic carbocycles. The number of unbranched alkanes of at least 4 members (excludes halogenated alkanes) is 6. The molecule has 0 aliphatic carbocycles. The molecule has 1 aliphatic rings. The number of rotatable bonds is 16. The molecule has 0 saturated carbocycles. The van der Waals surface area contributed by atoms with Gasteiger partial charge in [0.15, 0.2) is 0 Å². The number of carbonyl (C=O) groups excluding carboxylic acids is 6. The first-order valence-corrected chi connectivity index (χ1v) is 19.0. The maximum atomic E-state index is 13.8. The van der Waals surface area contributed by atoms with Crippen molar-refractivity contribution in [1.82, 2.24) is 26.6 Å². The molecule has 294 valence electrons. The lowest BCUT2D eigenvalue weighted by Gasteiger charge is -2.29. The van der Waals surface area contributed by atoms with Crippen LogP contribution >= 0.6 is 0 Å². The van der Waals surface area contributed by atoms with Crippen molar-refractivity contribution < 1.29 is 43.7 Å². The molecule has 8 atom stereocenters. The number of ether oxygens (including phenoxy) is 1. The van der Waals surface area contributed by atoms with Crippen LogP contribution in [0.4, 0.5) is 0 Å². The first-order chi connectivity index (χ1) is 24.0. The Labute approximate surface area is 304 Å². The molecule has 1 fully saturated rings. The molecule has 1 saturated heterocycles. The fourth-order valence-electron chi connectivity index (χ4n) is 5.95. The quantitative estimate of drug-likeness (QED) is 0.0918. The number of carbonyl (C=O) groups is 6. The van der Waals surface area contributed by atoms with E-state index in [-0.39, 0.29) is 37.0 Å². The third-order valence-corrected chi connectivity index (χ3v) is 9.17. The molecule has 0 spiro atoms. The lowest BCUT2D eigenvalue weighted by molar-refractivity contribution is -0.156. The molecule has 5 amide bonds. The van der Waals surface area contributed by atoms with E-state index in [1.54, 1.807) is 6.92 Å². The molecule has 0 aromatic rings. The van der Waals surface area contributed by atoms with Crippen molar-refractivity contribution in [3.63, 3.8) is 0 Å². The van der Waals surface area contributed by atoms with E-state index in [2.05, 4.69) is 33.5 Å². The zero-order valence-corrected chi connectivity index (χ0v) is 32.2. The van der Waals surface area contributed by atoms with Crippen LogP contribution in [0.5, 0.6) is 0 Å². The van der Waals surface area contributed by atoms with Crippen LogP contribution in [0.15, 0.2) is 0 Å². The summed E-state index contributed by atoms with van der Waals surface area (Å²) in [6.45, 7) is 13.7. The third kappa shape index (κ3) is 17.2. The summed E-state index contributed by atoms with van der Waals surface area (Å²) < 4.78 is 5.97. The second-order valence-corrected chi connectivity index (χ2v) is 15.0. The van der Waals surface area contributed by atoms with Gasteiger partial charge in [0.1, 0.15) is 36.3 Å². The average Bonchev–Trinajstić information content (AvgIpc) is 3.05. The van der Waals surface area contributed by atoms with E-state index in [9.17, 15) is 39.0 Å². The van der Waals surface area contributed by atoms with Crippen LogP contribution in [0.1, 0.15) is 132 Å². The highest BCUT2D eigenvalue weighted by Gasteiger charge is 2.37. The van der Waals surface area contributed by atoms with E-state index >= 15 is 0 Å². The highest BCUT2D eigenvalue weighted by Crippen LogP contribution is 2.18. The Morgan fingerprint density at radius 1 is 0.647 bits per heavy atom. The molecule has 7 N–H and O–H groups in total. The zero-order chi connectivity index (χ0) is 38.7. The minimum atomic E-state index is -1.55. The molecule has 1 heterocycles. The van der Waals surface area contributed by atoms with Gasteiger partial charge in [-0.2, -0.15) is 0 Å². The Morgan fingerprint density at radius 3 is 1.67 bits per heavy atom. The monoisotopic (exact) mass is 725 g/mol. The minimum absolute atomic E-state index is 0.0487. The van der Waals surface area contributed by atoms with Gasteiger partial charge in [-0.15, -0.1) is 0 Å². The van der Waals surface area contributed by atoms with Crippen LogP contribution < -0.4 is 26.6 Å². The Balaban J connectivity index is 3.59. The second-order valence-electron chi connectivity index (χ2n) is 15.0. The zero-order valence-electron chi connectivity index (χ0n) is 32.2. The lowest BCUT2D eigenvalue weighted by Crippen LogP contribution is -2.62. The van der Waals surface area contributed by atoms with Gasteiger partial charge in [0, 0.05) is 0 Å². The van der Waals surface area contributed by atoms with Gasteiger partial charge < -0.3 is 41.5 Å². The van der Waals surface area contributed by atoms with E-state index in [0.29, 0.717) is 19.3 Å². The molecule has 1 rings (SSSR count). The Kier molecular flexibility index (Phi) is 21.6. The van der Waals surface area contributed by atoms with Crippen molar-refractivity contribution in [2.24, 2.45) is 17.8 Å². The number of aliphatic hydroxyl groups excluding tert-OH is 2. The Bertz CT molecular complexity index is 1120. The van der Waals surface area contributed by atoms with Crippen molar-refractivity contribution in [2.75, 3.05) is 6.61 Å². The molecule has 0 bridgehead atoms. The summed E-state index contributed by atoms with van der Waals surface area (Å²) in [6.07, 6.45) is 5.93. The van der Waals surface area contributed by atoms with Gasteiger partial charge in [-0.1, -0.05) is 93.4 Å². The standard InChI is InChI=1S/C37H67N5O9/c1-9-11-12-13-14-15-16-17-26-20-30(45)38-27(18-22(3)4)33(46)40-29(21-43)35(48)42-32(25(8)44)36(49)39-28(19-23(5)6)34(47)41-31(24(7)10-2)37(50)51-26/h22-29,31-32,43-44H,9-21H2,1-8H3,(H,38,45)(H,39,49)(H,40,46)(H,41,47)(H,42,48)/t24-,25+,26-,27+,28+,29-,31-,32-/m0/s1. The number of cyclic esters (lactones) is 1. The fourth-order valence-corrected chi connectivity index (χ4v) is 5.95. The van der Waals surface area contributed by atoms with E-state index in [1.165, 1.54) is 13.3 Å². The van der Waals surface area contributed by atoms with Crippen LogP contribution in [0.25, 0.3) is 0 Å². The lowest BCUT2D eigenvalue weighted by atomic mass is 9.97. The average molecular weight is 726 g/mol. The minimum Gasteiger partial charge on any atom is -0.460 e. The largest absolute Gasteiger partial charge is 0.460 e. The van der Waals surface area contributed by atoms with Crippen molar-refractivity contribution in [3.05, 3.63) is 0 Å². The molecule has 14 nitrogen and oxygen atoms in total. The van der Waals surface area contributed by atoms with Gasteiger partial charge in [0.05, 0.1) is 19.1 Å². The van der Waals surface area contributed by atoms with Crippen LogP contribution in [0.3, 0.4) is 0 Å². The topological polar surface area (TPSA) is 212 Å². The number of esters is 1. The maximum absolute atomic E-state index is 13.8. The second kappa shape index (κ2) is 24.1. The number of amides is 5. The predicted molar refractivity (Wildman–Crippen MR) is 194 cm³/mol. The summed E-state index contributed by atoms with van der Waals surface area (Å²) in [7, 11) is 0. The van der Waals surface area contributed by atoms with Crippen molar-refractivity contribution >= 4 is 35.5 Å². The van der Waals surface area contributed by atoms with Crippen LogP contribution in [-0.2, 0) is 33.5 Å². The predicted octanol–water partition coefficient (Wildman–Crippen LogP) is 2.38. The van der Waals surface area contributed by atoms with Crippen LogP contribution in [0, 0.1) is 17.8 Å². The summed E-state index contributed by atoms with van der Waals surface area (Å²) in [6, 6.07) is -6.39. The fraction of sp³-hybridized carbons (Fsp3) is 0.838. The summed E-state index contributed by atoms with van der Waals surface area (Å²) in [4.78, 5) is 81.1. The first kappa shape index (κ1) is 45.8. The van der Waals surface area contributed by atoms with E-state index < -0.39 is 84.5 Å². The van der Waals surface area contributed by atoms with E-state index in [0.717, 1.165) is 32.1 Å². The van der Waals surface area contributed by atoms with Crippen molar-refractivity contribution in [3.8, 4) is 0 Å². The van der Waals surface area contributed by atoms with Crippen molar-refractivity contribution in [1.29, 1.82) is 0 Å². The molecule has 0 unspecified atom stereocenters. The summed E-state index contributed by atoms with van der Waals surface area (Å²) in [5.74, 6) is -4.93. The van der Waals surface area contributed by atoms with Gasteiger partial charge in [0.25, 0.3) is 0 Å². The molecule has 0 radical (unpaired) electrons. The van der Waals surface area contributed by atoms with E-state index in [1.807, 2.05) is 34.6 Å². The molecule has 1 aliphatic heterocycles. The molecule has 14 heteroatoms. The number of hydrogen-bond donors (Lipinski definition) is 7.